The van der Waals surface area contributed by atoms with Crippen LogP contribution in [0.25, 0.3) is 0 Å². The van der Waals surface area contributed by atoms with Crippen LogP contribution in [0.2, 0.25) is 5.04 Å². The van der Waals surface area contributed by atoms with E-state index in [1.165, 1.54) is 51.4 Å². The topological polar surface area (TPSA) is 9.23 Å². The Morgan fingerprint density at radius 2 is 1.61 bits per heavy atom. The normalized spacial score (nSPS) is 12.4. The lowest BCUT2D eigenvalue weighted by atomic mass is 10.1. The van der Waals surface area contributed by atoms with Gasteiger partial charge in [0, 0.05) is 0 Å². The third kappa shape index (κ3) is 12.4. The summed E-state index contributed by atoms with van der Waals surface area (Å²) in [7, 11) is 0.620. The second kappa shape index (κ2) is 12.0. The Morgan fingerprint density at radius 3 is 2.28 bits per heavy atom. The van der Waals surface area contributed by atoms with E-state index in [4.69, 9.17) is 4.43 Å². The SMILES string of the molecule is CCCCCCCC/C=C/CO[Si]C(C)(C)CC. The summed E-state index contributed by atoms with van der Waals surface area (Å²) in [5.41, 5.74) is 0. The van der Waals surface area contributed by atoms with Gasteiger partial charge in [-0.3, -0.25) is 0 Å². The molecular weight excluding hydrogens is 236 g/mol. The summed E-state index contributed by atoms with van der Waals surface area (Å²) in [5.74, 6) is 0. The van der Waals surface area contributed by atoms with E-state index in [1.54, 1.807) is 0 Å². The monoisotopic (exact) mass is 268 g/mol. The number of unbranched alkanes of at least 4 members (excludes halogenated alkanes) is 6. The molecule has 0 unspecified atom stereocenters. The molecule has 0 spiro atoms. The van der Waals surface area contributed by atoms with Crippen molar-refractivity contribution in [3.05, 3.63) is 12.2 Å². The number of hydrogen-bond donors (Lipinski definition) is 0. The number of rotatable bonds is 12. The molecule has 18 heavy (non-hydrogen) atoms. The lowest BCUT2D eigenvalue weighted by Crippen LogP contribution is -2.15. The van der Waals surface area contributed by atoms with Crippen molar-refractivity contribution >= 4 is 9.76 Å². The predicted molar refractivity (Wildman–Crippen MR) is 83.2 cm³/mol. The van der Waals surface area contributed by atoms with Crippen LogP contribution >= 0.6 is 0 Å². The highest BCUT2D eigenvalue weighted by molar-refractivity contribution is 6.31. The molecule has 0 aliphatic carbocycles. The van der Waals surface area contributed by atoms with Crippen LogP contribution in [0.3, 0.4) is 0 Å². The molecule has 0 aromatic heterocycles. The van der Waals surface area contributed by atoms with E-state index in [0.717, 1.165) is 6.61 Å². The molecule has 0 saturated carbocycles. The van der Waals surface area contributed by atoms with Crippen molar-refractivity contribution in [1.82, 2.24) is 0 Å². The molecule has 0 atom stereocenters. The van der Waals surface area contributed by atoms with Gasteiger partial charge in [-0.05, 0) is 17.9 Å². The molecule has 0 aromatic rings. The van der Waals surface area contributed by atoms with Gasteiger partial charge in [0.2, 0.25) is 9.76 Å². The lowest BCUT2D eigenvalue weighted by molar-refractivity contribution is 0.359. The Labute approximate surface area is 117 Å². The number of hydrogen-bond acceptors (Lipinski definition) is 1. The maximum Gasteiger partial charge on any atom is 0.236 e. The molecule has 1 nitrogen and oxygen atoms in total. The van der Waals surface area contributed by atoms with Gasteiger partial charge in [0.15, 0.2) is 0 Å². The zero-order chi connectivity index (χ0) is 13.7. The second-order valence-corrected chi connectivity index (χ2v) is 7.52. The zero-order valence-electron chi connectivity index (χ0n) is 12.9. The summed E-state index contributed by atoms with van der Waals surface area (Å²) in [6.07, 6.45) is 15.2. The van der Waals surface area contributed by atoms with Gasteiger partial charge in [0.1, 0.15) is 0 Å². The van der Waals surface area contributed by atoms with Crippen molar-refractivity contribution in [2.75, 3.05) is 6.61 Å². The van der Waals surface area contributed by atoms with Crippen LogP contribution in [0.4, 0.5) is 0 Å². The summed E-state index contributed by atoms with van der Waals surface area (Å²) in [4.78, 5) is 0. The molecule has 106 valence electrons. The van der Waals surface area contributed by atoms with E-state index >= 15 is 0 Å². The first-order chi connectivity index (χ1) is 8.62. The standard InChI is InChI=1S/C16H32OSi/c1-5-7-8-9-10-11-12-13-14-15-17-18-16(3,4)6-2/h13-14H,5-12,15H2,1-4H3/b14-13+. The molecule has 0 N–H and O–H groups in total. The average molecular weight is 269 g/mol. The first kappa shape index (κ1) is 17.9. The van der Waals surface area contributed by atoms with E-state index in [1.807, 2.05) is 0 Å². The first-order valence-electron chi connectivity index (χ1n) is 7.66. The fourth-order valence-electron chi connectivity index (χ4n) is 1.59. The van der Waals surface area contributed by atoms with Crippen molar-refractivity contribution in [1.29, 1.82) is 0 Å². The van der Waals surface area contributed by atoms with Crippen molar-refractivity contribution < 1.29 is 4.43 Å². The third-order valence-corrected chi connectivity index (χ3v) is 4.52. The summed E-state index contributed by atoms with van der Waals surface area (Å²) in [5, 5.41) is 0.354. The molecule has 2 radical (unpaired) electrons. The fourth-order valence-corrected chi connectivity index (χ4v) is 2.30. The molecule has 0 aliphatic heterocycles. The molecule has 0 bridgehead atoms. The van der Waals surface area contributed by atoms with Gasteiger partial charge in [0.05, 0.1) is 6.61 Å². The van der Waals surface area contributed by atoms with Gasteiger partial charge in [-0.25, -0.2) is 0 Å². The Balaban J connectivity index is 3.24. The molecule has 0 aromatic carbocycles. The Kier molecular flexibility index (Phi) is 11.9. The summed E-state index contributed by atoms with van der Waals surface area (Å²) in [6, 6.07) is 0. The molecule has 2 heteroatoms. The van der Waals surface area contributed by atoms with E-state index in [0.29, 0.717) is 14.8 Å². The summed E-state index contributed by atoms with van der Waals surface area (Å²) >= 11 is 0. The fraction of sp³-hybridized carbons (Fsp3) is 0.875. The van der Waals surface area contributed by atoms with Gasteiger partial charge in [-0.15, -0.1) is 0 Å². The van der Waals surface area contributed by atoms with Gasteiger partial charge in [0.25, 0.3) is 0 Å². The largest absolute Gasteiger partial charge is 0.413 e. The highest BCUT2D eigenvalue weighted by atomic mass is 28.2. The van der Waals surface area contributed by atoms with E-state index in [-0.39, 0.29) is 0 Å². The van der Waals surface area contributed by atoms with Gasteiger partial charge < -0.3 is 4.43 Å². The van der Waals surface area contributed by atoms with Crippen LogP contribution < -0.4 is 0 Å². The Hall–Kier alpha value is -0.0831. The van der Waals surface area contributed by atoms with Crippen LogP contribution in [0.5, 0.6) is 0 Å². The predicted octanol–water partition coefficient (Wildman–Crippen LogP) is 5.54. The molecular formula is C16H32OSi. The van der Waals surface area contributed by atoms with Crippen molar-refractivity contribution in [3.63, 3.8) is 0 Å². The van der Waals surface area contributed by atoms with E-state index in [9.17, 15) is 0 Å². The third-order valence-electron chi connectivity index (χ3n) is 3.30. The molecule has 0 heterocycles. The number of allylic oxidation sites excluding steroid dienone is 1. The van der Waals surface area contributed by atoms with Crippen molar-refractivity contribution in [2.45, 2.75) is 84.1 Å². The Morgan fingerprint density at radius 1 is 0.944 bits per heavy atom. The van der Waals surface area contributed by atoms with Crippen LogP contribution in [-0.4, -0.2) is 16.4 Å². The molecule has 0 saturated heterocycles. The minimum absolute atomic E-state index is 0.354. The highest BCUT2D eigenvalue weighted by Gasteiger charge is 2.16. The smallest absolute Gasteiger partial charge is 0.236 e. The average Bonchev–Trinajstić information content (AvgIpc) is 2.36. The molecule has 0 fully saturated rings. The minimum atomic E-state index is 0.354. The second-order valence-electron chi connectivity index (χ2n) is 5.68. The molecule has 0 amide bonds. The van der Waals surface area contributed by atoms with E-state index < -0.39 is 0 Å². The van der Waals surface area contributed by atoms with Crippen LogP contribution in [0.15, 0.2) is 12.2 Å². The van der Waals surface area contributed by atoms with Gasteiger partial charge >= 0.3 is 0 Å². The first-order valence-corrected chi connectivity index (χ1v) is 8.57. The summed E-state index contributed by atoms with van der Waals surface area (Å²) in [6.45, 7) is 9.82. The lowest BCUT2D eigenvalue weighted by Gasteiger charge is -2.19. The zero-order valence-corrected chi connectivity index (χ0v) is 13.9. The van der Waals surface area contributed by atoms with Gasteiger partial charge in [-0.1, -0.05) is 78.4 Å². The van der Waals surface area contributed by atoms with Gasteiger partial charge in [-0.2, -0.15) is 0 Å². The van der Waals surface area contributed by atoms with Crippen molar-refractivity contribution in [3.8, 4) is 0 Å². The van der Waals surface area contributed by atoms with Crippen LogP contribution in [0, 0.1) is 0 Å². The van der Waals surface area contributed by atoms with Crippen LogP contribution in [0.1, 0.15) is 79.1 Å². The van der Waals surface area contributed by atoms with Crippen molar-refractivity contribution in [2.24, 2.45) is 0 Å². The van der Waals surface area contributed by atoms with Crippen LogP contribution in [-0.2, 0) is 4.43 Å². The Bertz CT molecular complexity index is 199. The summed E-state index contributed by atoms with van der Waals surface area (Å²) < 4.78 is 5.69. The minimum Gasteiger partial charge on any atom is -0.413 e. The highest BCUT2D eigenvalue weighted by Crippen LogP contribution is 2.26. The molecule has 0 aliphatic rings. The van der Waals surface area contributed by atoms with E-state index in [2.05, 4.69) is 39.8 Å². The maximum atomic E-state index is 5.69. The molecule has 0 rings (SSSR count). The maximum absolute atomic E-state index is 5.69. The quantitative estimate of drug-likeness (QED) is 0.257.